The Labute approximate surface area is 226 Å². The van der Waals surface area contributed by atoms with E-state index in [0.29, 0.717) is 0 Å². The summed E-state index contributed by atoms with van der Waals surface area (Å²) < 4.78 is 37.0. The SMILES string of the molecule is COc1ccc(/C=C2/CS(=O)(=O)CC3C2=NN(CCCN2CCN(C)CC2)C3c2ccc(OC)cc2)cc1. The van der Waals surface area contributed by atoms with Gasteiger partial charge in [0, 0.05) is 38.6 Å². The number of fused-ring (bicyclic) bond motifs is 1. The minimum atomic E-state index is -3.28. The van der Waals surface area contributed by atoms with Gasteiger partial charge in [0.1, 0.15) is 11.5 Å². The lowest BCUT2D eigenvalue weighted by atomic mass is 9.87. The van der Waals surface area contributed by atoms with Crippen molar-refractivity contribution in [2.45, 2.75) is 12.5 Å². The van der Waals surface area contributed by atoms with Gasteiger partial charge in [0.15, 0.2) is 9.84 Å². The Hall–Kier alpha value is -2.88. The van der Waals surface area contributed by atoms with Gasteiger partial charge < -0.3 is 19.3 Å². The second-order valence-corrected chi connectivity index (χ2v) is 12.6. The second kappa shape index (κ2) is 11.5. The summed E-state index contributed by atoms with van der Waals surface area (Å²) in [5.41, 5.74) is 3.69. The Kier molecular flexibility index (Phi) is 8.07. The summed E-state index contributed by atoms with van der Waals surface area (Å²) in [6, 6.07) is 15.5. The number of nitrogens with zero attached hydrogens (tertiary/aromatic N) is 4. The smallest absolute Gasteiger partial charge is 0.155 e. The van der Waals surface area contributed by atoms with E-state index < -0.39 is 9.84 Å². The molecule has 0 aliphatic carbocycles. The molecule has 0 bridgehead atoms. The fourth-order valence-electron chi connectivity index (χ4n) is 5.69. The highest BCUT2D eigenvalue weighted by Crippen LogP contribution is 2.42. The molecule has 3 heterocycles. The molecule has 0 spiro atoms. The van der Waals surface area contributed by atoms with E-state index in [1.54, 1.807) is 14.2 Å². The molecular weight excluding hydrogens is 500 g/mol. The van der Waals surface area contributed by atoms with Gasteiger partial charge in [-0.2, -0.15) is 5.10 Å². The van der Waals surface area contributed by atoms with Crippen molar-refractivity contribution < 1.29 is 17.9 Å². The Balaban J connectivity index is 1.43. The van der Waals surface area contributed by atoms with Gasteiger partial charge in [0.05, 0.1) is 37.5 Å². The summed E-state index contributed by atoms with van der Waals surface area (Å²) >= 11 is 0. The summed E-state index contributed by atoms with van der Waals surface area (Å²) in [6.45, 7) is 6.16. The molecule has 0 radical (unpaired) electrons. The van der Waals surface area contributed by atoms with E-state index >= 15 is 0 Å². The van der Waals surface area contributed by atoms with Gasteiger partial charge in [-0.05, 0) is 67.1 Å². The average Bonchev–Trinajstić information content (AvgIpc) is 3.27. The number of ether oxygens (including phenoxy) is 2. The number of sulfone groups is 1. The highest BCUT2D eigenvalue weighted by atomic mass is 32.2. The zero-order valence-electron chi connectivity index (χ0n) is 22.5. The van der Waals surface area contributed by atoms with Crippen molar-refractivity contribution in [1.29, 1.82) is 0 Å². The molecular formula is C29H38N4O4S. The Morgan fingerprint density at radius 1 is 0.921 bits per heavy atom. The maximum atomic E-state index is 13.2. The lowest BCUT2D eigenvalue weighted by Crippen LogP contribution is -2.45. The molecule has 0 amide bonds. The Bertz CT molecular complexity index is 1270. The first kappa shape index (κ1) is 26.7. The lowest BCUT2D eigenvalue weighted by molar-refractivity contribution is 0.139. The molecule has 9 heteroatoms. The third kappa shape index (κ3) is 6.06. The van der Waals surface area contributed by atoms with Crippen LogP contribution in [0.5, 0.6) is 11.5 Å². The molecule has 8 nitrogen and oxygen atoms in total. The summed E-state index contributed by atoms with van der Waals surface area (Å²) in [4.78, 5) is 4.88. The van der Waals surface area contributed by atoms with Gasteiger partial charge in [0.25, 0.3) is 0 Å². The first-order valence-corrected chi connectivity index (χ1v) is 15.1. The lowest BCUT2D eigenvalue weighted by Gasteiger charge is -2.33. The first-order chi connectivity index (χ1) is 18.3. The van der Waals surface area contributed by atoms with Crippen LogP contribution in [0.1, 0.15) is 23.6 Å². The van der Waals surface area contributed by atoms with Gasteiger partial charge >= 0.3 is 0 Å². The van der Waals surface area contributed by atoms with Gasteiger partial charge in [-0.15, -0.1) is 0 Å². The number of likely N-dealkylation sites (N-methyl/N-ethyl adjacent to an activating group) is 1. The number of rotatable bonds is 8. The van der Waals surface area contributed by atoms with Crippen LogP contribution in [-0.4, -0.2) is 101 Å². The van der Waals surface area contributed by atoms with Gasteiger partial charge in [-0.1, -0.05) is 24.3 Å². The third-order valence-corrected chi connectivity index (χ3v) is 9.42. The second-order valence-electron chi connectivity index (χ2n) is 10.5. The van der Waals surface area contributed by atoms with Crippen LogP contribution in [0.25, 0.3) is 6.08 Å². The van der Waals surface area contributed by atoms with E-state index in [-0.39, 0.29) is 23.5 Å². The molecule has 0 N–H and O–H groups in total. The van der Waals surface area contributed by atoms with Crippen molar-refractivity contribution >= 4 is 21.6 Å². The molecule has 5 rings (SSSR count). The molecule has 2 aromatic carbocycles. The standard InChI is InChI=1S/C29H38N4O4S/c1-31-15-17-32(18-16-31)13-4-14-33-29(23-7-11-26(37-3)12-8-23)27-21-38(34,35)20-24(28(27)30-33)19-22-5-9-25(36-2)10-6-22/h5-12,19,27,29H,4,13-18,20-21H2,1-3H3/b24-19-. The molecule has 0 saturated carbocycles. The summed E-state index contributed by atoms with van der Waals surface area (Å²) in [6.07, 6.45) is 2.95. The molecule has 38 heavy (non-hydrogen) atoms. The number of methoxy groups -OCH3 is 2. The van der Waals surface area contributed by atoms with Crippen LogP contribution in [0.3, 0.4) is 0 Å². The van der Waals surface area contributed by atoms with Crippen LogP contribution < -0.4 is 9.47 Å². The Morgan fingerprint density at radius 2 is 1.55 bits per heavy atom. The topological polar surface area (TPSA) is 74.7 Å². The number of hydrogen-bond donors (Lipinski definition) is 0. The minimum absolute atomic E-state index is 0.0127. The average molecular weight is 539 g/mol. The van der Waals surface area contributed by atoms with Crippen LogP contribution >= 0.6 is 0 Å². The first-order valence-electron chi connectivity index (χ1n) is 13.3. The van der Waals surface area contributed by atoms with Crippen LogP contribution in [0.4, 0.5) is 0 Å². The number of piperazine rings is 1. The molecule has 2 aromatic rings. The van der Waals surface area contributed by atoms with Crippen molar-refractivity contribution in [1.82, 2.24) is 14.8 Å². The zero-order chi connectivity index (χ0) is 26.7. The number of hydrazone groups is 1. The van der Waals surface area contributed by atoms with Crippen molar-refractivity contribution in [3.05, 3.63) is 65.2 Å². The normalized spacial score (nSPS) is 24.8. The predicted octanol–water partition coefficient (Wildman–Crippen LogP) is 3.18. The maximum absolute atomic E-state index is 13.2. The van der Waals surface area contributed by atoms with Gasteiger partial charge in [-0.25, -0.2) is 8.42 Å². The zero-order valence-corrected chi connectivity index (χ0v) is 23.4. The number of benzene rings is 2. The number of hydrogen-bond acceptors (Lipinski definition) is 8. The van der Waals surface area contributed by atoms with E-state index in [2.05, 4.69) is 21.9 Å². The fraction of sp³-hybridized carbons (Fsp3) is 0.483. The van der Waals surface area contributed by atoms with Crippen molar-refractivity contribution in [2.24, 2.45) is 11.0 Å². The van der Waals surface area contributed by atoms with E-state index in [9.17, 15) is 8.42 Å². The largest absolute Gasteiger partial charge is 0.497 e. The highest BCUT2D eigenvalue weighted by Gasteiger charge is 2.45. The maximum Gasteiger partial charge on any atom is 0.155 e. The molecule has 3 aliphatic heterocycles. The van der Waals surface area contributed by atoms with E-state index in [0.717, 1.165) is 79.6 Å². The molecule has 2 fully saturated rings. The predicted molar refractivity (Wildman–Crippen MR) is 152 cm³/mol. The summed E-state index contributed by atoms with van der Waals surface area (Å²) in [5.74, 6) is 1.46. The van der Waals surface area contributed by atoms with Crippen molar-refractivity contribution in [3.63, 3.8) is 0 Å². The van der Waals surface area contributed by atoms with Crippen LogP contribution in [0, 0.1) is 5.92 Å². The molecule has 2 saturated heterocycles. The van der Waals surface area contributed by atoms with Crippen molar-refractivity contribution in [2.75, 3.05) is 72.0 Å². The Morgan fingerprint density at radius 3 is 2.18 bits per heavy atom. The molecule has 3 aliphatic rings. The minimum Gasteiger partial charge on any atom is -0.497 e. The highest BCUT2D eigenvalue weighted by molar-refractivity contribution is 7.91. The fourth-order valence-corrected chi connectivity index (χ4v) is 7.40. The molecule has 2 atom stereocenters. The third-order valence-electron chi connectivity index (χ3n) is 7.80. The molecule has 204 valence electrons. The van der Waals surface area contributed by atoms with E-state index in [1.807, 2.05) is 54.6 Å². The summed E-state index contributed by atoms with van der Waals surface area (Å²) in [5, 5.41) is 7.26. The van der Waals surface area contributed by atoms with E-state index in [1.165, 1.54) is 0 Å². The quantitative estimate of drug-likeness (QED) is 0.511. The van der Waals surface area contributed by atoms with E-state index in [4.69, 9.17) is 14.6 Å². The summed E-state index contributed by atoms with van der Waals surface area (Å²) in [7, 11) is 2.18. The molecule has 2 unspecified atom stereocenters. The van der Waals surface area contributed by atoms with Crippen LogP contribution in [0.2, 0.25) is 0 Å². The van der Waals surface area contributed by atoms with Crippen molar-refractivity contribution in [3.8, 4) is 11.5 Å². The van der Waals surface area contributed by atoms with Crippen LogP contribution in [0.15, 0.2) is 59.2 Å². The molecule has 0 aromatic heterocycles. The van der Waals surface area contributed by atoms with Gasteiger partial charge in [-0.3, -0.25) is 5.01 Å². The monoisotopic (exact) mass is 538 g/mol. The van der Waals surface area contributed by atoms with Gasteiger partial charge in [0.2, 0.25) is 0 Å². The van der Waals surface area contributed by atoms with Crippen LogP contribution in [-0.2, 0) is 9.84 Å².